The van der Waals surface area contributed by atoms with Crippen LogP contribution in [0.15, 0.2) is 18.2 Å². The van der Waals surface area contributed by atoms with Gasteiger partial charge in [-0.25, -0.2) is 4.79 Å². The van der Waals surface area contributed by atoms with Crippen molar-refractivity contribution < 1.29 is 9.90 Å². The van der Waals surface area contributed by atoms with Crippen molar-refractivity contribution in [3.8, 4) is 0 Å². The fourth-order valence-corrected chi connectivity index (χ4v) is 2.78. The molecule has 0 spiro atoms. The Kier molecular flexibility index (Phi) is 2.63. The zero-order valence-corrected chi connectivity index (χ0v) is 9.78. The summed E-state index contributed by atoms with van der Waals surface area (Å²) in [6.45, 7) is 0. The van der Waals surface area contributed by atoms with Crippen LogP contribution in [-0.4, -0.2) is 17.1 Å². The maximum absolute atomic E-state index is 10.9. The van der Waals surface area contributed by atoms with Gasteiger partial charge in [-0.05, 0) is 48.9 Å². The molecule has 2 aliphatic carbocycles. The molecule has 1 aromatic carbocycles. The number of nitrogens with one attached hydrogen (secondary N) is 1. The molecule has 1 atom stereocenters. The van der Waals surface area contributed by atoms with Gasteiger partial charge in [0.25, 0.3) is 0 Å². The Balaban J connectivity index is 1.79. The Morgan fingerprint density at radius 1 is 1.29 bits per heavy atom. The molecule has 0 aromatic heterocycles. The Bertz CT molecular complexity index is 452. The molecule has 17 heavy (non-hydrogen) atoms. The lowest BCUT2D eigenvalue weighted by molar-refractivity contribution is 0.0697. The van der Waals surface area contributed by atoms with Crippen molar-refractivity contribution in [3.63, 3.8) is 0 Å². The van der Waals surface area contributed by atoms with Gasteiger partial charge in [0, 0.05) is 12.1 Å². The number of rotatable bonds is 3. The largest absolute Gasteiger partial charge is 0.478 e. The highest BCUT2D eigenvalue weighted by Gasteiger charge is 2.27. The molecular weight excluding hydrogens is 214 g/mol. The SMILES string of the molecule is O=C(O)c1ccc2c(c1)CCC2NC1CCC1. The third kappa shape index (κ3) is 1.95. The van der Waals surface area contributed by atoms with Gasteiger partial charge in [0.05, 0.1) is 5.56 Å². The Morgan fingerprint density at radius 2 is 2.12 bits per heavy atom. The van der Waals surface area contributed by atoms with Gasteiger partial charge in [-0.2, -0.15) is 0 Å². The van der Waals surface area contributed by atoms with Crippen LogP contribution < -0.4 is 5.32 Å². The molecule has 3 nitrogen and oxygen atoms in total. The summed E-state index contributed by atoms with van der Waals surface area (Å²) in [5.41, 5.74) is 2.93. The molecule has 0 bridgehead atoms. The molecule has 2 aliphatic rings. The maximum atomic E-state index is 10.9. The fraction of sp³-hybridized carbons (Fsp3) is 0.500. The summed E-state index contributed by atoms with van der Waals surface area (Å²) in [5, 5.41) is 12.6. The fourth-order valence-electron chi connectivity index (χ4n) is 2.78. The summed E-state index contributed by atoms with van der Waals surface area (Å²) in [7, 11) is 0. The topological polar surface area (TPSA) is 49.3 Å². The number of aryl methyl sites for hydroxylation is 1. The molecule has 0 radical (unpaired) electrons. The van der Waals surface area contributed by atoms with Crippen molar-refractivity contribution in [2.75, 3.05) is 0 Å². The number of carbonyl (C=O) groups is 1. The Labute approximate surface area is 101 Å². The molecule has 0 saturated heterocycles. The molecule has 1 fully saturated rings. The molecule has 3 rings (SSSR count). The highest BCUT2D eigenvalue weighted by Crippen LogP contribution is 2.34. The van der Waals surface area contributed by atoms with Crippen LogP contribution in [0, 0.1) is 0 Å². The van der Waals surface area contributed by atoms with Gasteiger partial charge in [0.1, 0.15) is 0 Å². The van der Waals surface area contributed by atoms with Crippen LogP contribution in [0.25, 0.3) is 0 Å². The monoisotopic (exact) mass is 231 g/mol. The Hall–Kier alpha value is -1.35. The van der Waals surface area contributed by atoms with Gasteiger partial charge in [-0.1, -0.05) is 12.5 Å². The molecule has 0 aliphatic heterocycles. The van der Waals surface area contributed by atoms with E-state index in [9.17, 15) is 4.79 Å². The van der Waals surface area contributed by atoms with Crippen molar-refractivity contribution >= 4 is 5.97 Å². The van der Waals surface area contributed by atoms with E-state index in [0.29, 0.717) is 17.6 Å². The summed E-state index contributed by atoms with van der Waals surface area (Å²) in [4.78, 5) is 10.9. The minimum absolute atomic E-state index is 0.410. The average Bonchev–Trinajstić information content (AvgIpc) is 2.65. The van der Waals surface area contributed by atoms with E-state index in [0.717, 1.165) is 12.8 Å². The van der Waals surface area contributed by atoms with Crippen LogP contribution in [0.4, 0.5) is 0 Å². The second kappa shape index (κ2) is 4.15. The van der Waals surface area contributed by atoms with Crippen LogP contribution in [0.2, 0.25) is 0 Å². The predicted molar refractivity (Wildman–Crippen MR) is 65.2 cm³/mol. The highest BCUT2D eigenvalue weighted by atomic mass is 16.4. The summed E-state index contributed by atoms with van der Waals surface area (Å²) < 4.78 is 0. The second-order valence-corrected chi connectivity index (χ2v) is 5.10. The zero-order valence-electron chi connectivity index (χ0n) is 9.78. The number of hydrogen-bond acceptors (Lipinski definition) is 2. The van der Waals surface area contributed by atoms with E-state index in [1.54, 1.807) is 6.07 Å². The number of carboxylic acids is 1. The maximum Gasteiger partial charge on any atom is 0.335 e. The van der Waals surface area contributed by atoms with E-state index < -0.39 is 5.97 Å². The van der Waals surface area contributed by atoms with Crippen LogP contribution in [0.1, 0.15) is 53.2 Å². The smallest absolute Gasteiger partial charge is 0.335 e. The summed E-state index contributed by atoms with van der Waals surface area (Å²) in [5.74, 6) is -0.830. The number of hydrogen-bond donors (Lipinski definition) is 2. The van der Waals surface area contributed by atoms with Crippen molar-refractivity contribution in [1.29, 1.82) is 0 Å². The van der Waals surface area contributed by atoms with Crippen molar-refractivity contribution in [2.45, 2.75) is 44.2 Å². The van der Waals surface area contributed by atoms with E-state index in [4.69, 9.17) is 5.11 Å². The first kappa shape index (κ1) is 10.8. The lowest BCUT2D eigenvalue weighted by Gasteiger charge is -2.30. The van der Waals surface area contributed by atoms with E-state index in [1.165, 1.54) is 30.4 Å². The zero-order chi connectivity index (χ0) is 11.8. The molecule has 2 N–H and O–H groups in total. The van der Waals surface area contributed by atoms with Gasteiger partial charge >= 0.3 is 5.97 Å². The highest BCUT2D eigenvalue weighted by molar-refractivity contribution is 5.88. The van der Waals surface area contributed by atoms with Crippen molar-refractivity contribution in [2.24, 2.45) is 0 Å². The third-order valence-electron chi connectivity index (χ3n) is 4.01. The summed E-state index contributed by atoms with van der Waals surface area (Å²) >= 11 is 0. The van der Waals surface area contributed by atoms with Crippen molar-refractivity contribution in [3.05, 3.63) is 34.9 Å². The van der Waals surface area contributed by atoms with E-state index in [2.05, 4.69) is 5.32 Å². The first-order valence-electron chi connectivity index (χ1n) is 6.36. The lowest BCUT2D eigenvalue weighted by atomic mass is 9.91. The number of aromatic carboxylic acids is 1. The van der Waals surface area contributed by atoms with Gasteiger partial charge in [0.2, 0.25) is 0 Å². The first-order chi connectivity index (χ1) is 8.24. The average molecular weight is 231 g/mol. The van der Waals surface area contributed by atoms with E-state index in [-0.39, 0.29) is 0 Å². The van der Waals surface area contributed by atoms with Crippen LogP contribution >= 0.6 is 0 Å². The van der Waals surface area contributed by atoms with Crippen molar-refractivity contribution in [1.82, 2.24) is 5.32 Å². The van der Waals surface area contributed by atoms with Gasteiger partial charge < -0.3 is 10.4 Å². The molecule has 0 amide bonds. The number of fused-ring (bicyclic) bond motifs is 1. The quantitative estimate of drug-likeness (QED) is 0.840. The Morgan fingerprint density at radius 3 is 2.76 bits per heavy atom. The lowest BCUT2D eigenvalue weighted by Crippen LogP contribution is -2.37. The molecular formula is C14H17NO2. The predicted octanol–water partition coefficient (Wildman–Crippen LogP) is 2.51. The van der Waals surface area contributed by atoms with E-state index >= 15 is 0 Å². The van der Waals surface area contributed by atoms with Gasteiger partial charge in [0.15, 0.2) is 0 Å². The van der Waals surface area contributed by atoms with Crippen LogP contribution in [-0.2, 0) is 6.42 Å². The second-order valence-electron chi connectivity index (χ2n) is 5.10. The molecule has 1 aromatic rings. The first-order valence-corrected chi connectivity index (χ1v) is 6.36. The minimum atomic E-state index is -0.830. The van der Waals surface area contributed by atoms with Gasteiger partial charge in [-0.3, -0.25) is 0 Å². The number of carboxylic acid groups (broad SMARTS) is 1. The van der Waals surface area contributed by atoms with E-state index in [1.807, 2.05) is 12.1 Å². The minimum Gasteiger partial charge on any atom is -0.478 e. The molecule has 0 heterocycles. The van der Waals surface area contributed by atoms with Crippen LogP contribution in [0.3, 0.4) is 0 Å². The van der Waals surface area contributed by atoms with Gasteiger partial charge in [-0.15, -0.1) is 0 Å². The molecule has 90 valence electrons. The molecule has 1 saturated carbocycles. The molecule has 1 unspecified atom stereocenters. The molecule has 3 heteroatoms. The standard InChI is InChI=1S/C14H17NO2/c16-14(17)10-4-6-12-9(8-10)5-7-13(12)15-11-2-1-3-11/h4,6,8,11,13,15H,1-3,5,7H2,(H,16,17). The summed E-state index contributed by atoms with van der Waals surface area (Å²) in [6, 6.07) is 6.67. The normalized spacial score (nSPS) is 23.2. The third-order valence-corrected chi connectivity index (χ3v) is 4.01. The number of benzene rings is 1. The summed E-state index contributed by atoms with van der Waals surface area (Å²) in [6.07, 6.45) is 6.03. The van der Waals surface area contributed by atoms with Crippen LogP contribution in [0.5, 0.6) is 0 Å².